The molecule has 0 saturated carbocycles. The van der Waals surface area contributed by atoms with Crippen molar-refractivity contribution in [2.75, 3.05) is 0 Å². The molecule has 1 aromatic carbocycles. The van der Waals surface area contributed by atoms with E-state index >= 15 is 0 Å². The number of benzene rings is 1. The summed E-state index contributed by atoms with van der Waals surface area (Å²) in [5.41, 5.74) is 1.18. The molecule has 60 valence electrons. The second kappa shape index (κ2) is 3.42. The molecule has 0 aliphatic carbocycles. The second-order valence-corrected chi connectivity index (χ2v) is 2.95. The summed E-state index contributed by atoms with van der Waals surface area (Å²) < 4.78 is 13.0. The van der Waals surface area contributed by atoms with Gasteiger partial charge in [0.25, 0.3) is 0 Å². The van der Waals surface area contributed by atoms with Gasteiger partial charge >= 0.3 is 0 Å². The number of rotatable bonds is 1. The summed E-state index contributed by atoms with van der Waals surface area (Å²) in [6, 6.07) is 3.40. The van der Waals surface area contributed by atoms with Gasteiger partial charge in [0.1, 0.15) is 5.82 Å². The first kappa shape index (κ1) is 8.82. The highest BCUT2D eigenvalue weighted by Gasteiger charge is 2.06. The first-order valence-corrected chi connectivity index (χ1v) is 4.07. The van der Waals surface area contributed by atoms with E-state index in [2.05, 4.69) is 0 Å². The van der Waals surface area contributed by atoms with Gasteiger partial charge in [0.2, 0.25) is 0 Å². The van der Waals surface area contributed by atoms with E-state index in [0.29, 0.717) is 11.1 Å². The highest BCUT2D eigenvalue weighted by atomic mass is 35.5. The molecule has 0 nitrogen and oxygen atoms in total. The van der Waals surface area contributed by atoms with E-state index < -0.39 is 0 Å². The normalized spacial score (nSPS) is 10.2. The van der Waals surface area contributed by atoms with Gasteiger partial charge in [0.15, 0.2) is 0 Å². The average Bonchev–Trinajstić information content (AvgIpc) is 2.01. The second-order valence-electron chi connectivity index (χ2n) is 2.30. The van der Waals surface area contributed by atoms with Gasteiger partial charge in [-0.2, -0.15) is 0 Å². The lowest BCUT2D eigenvalue weighted by Gasteiger charge is -2.02. The smallest absolute Gasteiger partial charge is 0.145 e. The fraction of sp³-hybridized carbons (Fsp3) is 0.250. The van der Waals surface area contributed by atoms with E-state index in [1.807, 2.05) is 0 Å². The molecule has 0 bridgehead atoms. The number of halogens is 3. The van der Waals surface area contributed by atoms with Crippen LogP contribution in [0.2, 0.25) is 5.02 Å². The summed E-state index contributed by atoms with van der Waals surface area (Å²) in [7, 11) is 0. The van der Waals surface area contributed by atoms with Crippen molar-refractivity contribution < 1.29 is 4.39 Å². The van der Waals surface area contributed by atoms with Crippen LogP contribution in [0.25, 0.3) is 0 Å². The Bertz CT molecular complexity index is 271. The predicted octanol–water partition coefficient (Wildman–Crippen LogP) is 3.53. The zero-order chi connectivity index (χ0) is 8.43. The summed E-state index contributed by atoms with van der Waals surface area (Å²) >= 11 is 11.1. The van der Waals surface area contributed by atoms with Gasteiger partial charge in [-0.05, 0) is 18.1 Å². The zero-order valence-corrected chi connectivity index (χ0v) is 7.51. The summed E-state index contributed by atoms with van der Waals surface area (Å²) in [6.07, 6.45) is 0. The van der Waals surface area contributed by atoms with E-state index in [9.17, 15) is 4.39 Å². The Morgan fingerprint density at radius 3 is 2.64 bits per heavy atom. The van der Waals surface area contributed by atoms with Gasteiger partial charge in [0.05, 0.1) is 5.02 Å². The number of alkyl halides is 1. The van der Waals surface area contributed by atoms with Crippen LogP contribution in [0.3, 0.4) is 0 Å². The Kier molecular flexibility index (Phi) is 2.74. The maximum Gasteiger partial charge on any atom is 0.145 e. The molecule has 0 spiro atoms. The SMILES string of the molecule is Cc1ccc(CCl)c(Cl)c1F. The Hall–Kier alpha value is -0.270. The standard InChI is InChI=1S/C8H7Cl2F/c1-5-2-3-6(4-9)7(10)8(5)11/h2-3H,4H2,1H3. The lowest BCUT2D eigenvalue weighted by Crippen LogP contribution is -1.88. The molecular formula is C8H7Cl2F. The lowest BCUT2D eigenvalue weighted by molar-refractivity contribution is 0.617. The maximum absolute atomic E-state index is 13.0. The quantitative estimate of drug-likeness (QED) is 0.598. The minimum absolute atomic E-state index is 0.139. The Balaban J connectivity index is 3.25. The lowest BCUT2D eigenvalue weighted by atomic mass is 10.1. The van der Waals surface area contributed by atoms with Crippen molar-refractivity contribution >= 4 is 23.2 Å². The van der Waals surface area contributed by atoms with Crippen LogP contribution in [0.4, 0.5) is 4.39 Å². The molecule has 0 N–H and O–H groups in total. The molecule has 0 amide bonds. The predicted molar refractivity (Wildman–Crippen MR) is 45.7 cm³/mol. The molecule has 0 radical (unpaired) electrons. The Morgan fingerprint density at radius 2 is 2.09 bits per heavy atom. The van der Waals surface area contributed by atoms with Crippen LogP contribution in [0.1, 0.15) is 11.1 Å². The van der Waals surface area contributed by atoms with Crippen LogP contribution in [-0.2, 0) is 5.88 Å². The fourth-order valence-electron chi connectivity index (χ4n) is 0.789. The van der Waals surface area contributed by atoms with Crippen molar-refractivity contribution in [1.82, 2.24) is 0 Å². The van der Waals surface area contributed by atoms with Crippen molar-refractivity contribution in [2.45, 2.75) is 12.8 Å². The molecule has 11 heavy (non-hydrogen) atoms. The number of hydrogen-bond acceptors (Lipinski definition) is 0. The van der Waals surface area contributed by atoms with Crippen LogP contribution in [0.5, 0.6) is 0 Å². The summed E-state index contributed by atoms with van der Waals surface area (Å²) in [4.78, 5) is 0. The van der Waals surface area contributed by atoms with Crippen LogP contribution >= 0.6 is 23.2 Å². The van der Waals surface area contributed by atoms with Crippen molar-refractivity contribution in [3.8, 4) is 0 Å². The highest BCUT2D eigenvalue weighted by molar-refractivity contribution is 6.32. The molecular weight excluding hydrogens is 186 g/mol. The van der Waals surface area contributed by atoms with Crippen LogP contribution < -0.4 is 0 Å². The van der Waals surface area contributed by atoms with Gasteiger partial charge in [-0.1, -0.05) is 23.7 Å². The zero-order valence-electron chi connectivity index (χ0n) is 6.00. The molecule has 0 heterocycles. The fourth-order valence-corrected chi connectivity index (χ4v) is 1.36. The van der Waals surface area contributed by atoms with Crippen molar-refractivity contribution in [3.63, 3.8) is 0 Å². The number of hydrogen-bond donors (Lipinski definition) is 0. The van der Waals surface area contributed by atoms with Crippen LogP contribution in [-0.4, -0.2) is 0 Å². The first-order chi connectivity index (χ1) is 5.16. The topological polar surface area (TPSA) is 0 Å². The van der Waals surface area contributed by atoms with Crippen molar-refractivity contribution in [2.24, 2.45) is 0 Å². The molecule has 0 aliphatic rings. The van der Waals surface area contributed by atoms with E-state index in [-0.39, 0.29) is 16.7 Å². The molecule has 0 aliphatic heterocycles. The van der Waals surface area contributed by atoms with Crippen LogP contribution in [0, 0.1) is 12.7 Å². The molecule has 0 saturated heterocycles. The van der Waals surface area contributed by atoms with Gasteiger partial charge in [-0.3, -0.25) is 0 Å². The minimum atomic E-state index is -0.371. The summed E-state index contributed by atoms with van der Waals surface area (Å²) in [6.45, 7) is 1.67. The van der Waals surface area contributed by atoms with Gasteiger partial charge in [-0.25, -0.2) is 4.39 Å². The average molecular weight is 193 g/mol. The highest BCUT2D eigenvalue weighted by Crippen LogP contribution is 2.23. The third-order valence-corrected chi connectivity index (χ3v) is 2.20. The Morgan fingerprint density at radius 1 is 1.45 bits per heavy atom. The maximum atomic E-state index is 13.0. The number of aryl methyl sites for hydroxylation is 1. The van der Waals surface area contributed by atoms with E-state index in [0.717, 1.165) is 0 Å². The molecule has 0 aromatic heterocycles. The van der Waals surface area contributed by atoms with Crippen LogP contribution in [0.15, 0.2) is 12.1 Å². The van der Waals surface area contributed by atoms with Gasteiger partial charge in [0, 0.05) is 5.88 Å². The molecule has 0 atom stereocenters. The van der Waals surface area contributed by atoms with Crippen molar-refractivity contribution in [3.05, 3.63) is 34.1 Å². The molecule has 1 rings (SSSR count). The van der Waals surface area contributed by atoms with E-state index in [4.69, 9.17) is 23.2 Å². The van der Waals surface area contributed by atoms with Gasteiger partial charge in [-0.15, -0.1) is 11.6 Å². The monoisotopic (exact) mass is 192 g/mol. The van der Waals surface area contributed by atoms with Gasteiger partial charge < -0.3 is 0 Å². The molecule has 0 fully saturated rings. The summed E-state index contributed by atoms with van der Waals surface area (Å²) in [5, 5.41) is 0.139. The Labute approximate surface area is 74.9 Å². The van der Waals surface area contributed by atoms with E-state index in [1.165, 1.54) is 0 Å². The summed E-state index contributed by atoms with van der Waals surface area (Å²) in [5.74, 6) is -0.124. The van der Waals surface area contributed by atoms with E-state index in [1.54, 1.807) is 19.1 Å². The third kappa shape index (κ3) is 1.66. The third-order valence-electron chi connectivity index (χ3n) is 1.50. The molecule has 0 unspecified atom stereocenters. The van der Waals surface area contributed by atoms with Crippen molar-refractivity contribution in [1.29, 1.82) is 0 Å². The molecule has 1 aromatic rings. The minimum Gasteiger partial charge on any atom is -0.205 e. The molecule has 3 heteroatoms. The first-order valence-electron chi connectivity index (χ1n) is 3.16. The largest absolute Gasteiger partial charge is 0.205 e.